The second kappa shape index (κ2) is 6.66. The number of benzene rings is 1. The van der Waals surface area contributed by atoms with E-state index in [-0.39, 0.29) is 10.6 Å². The largest absolute Gasteiger partial charge is 0.472 e. The van der Waals surface area contributed by atoms with Gasteiger partial charge in [0.2, 0.25) is 0 Å². The van der Waals surface area contributed by atoms with Gasteiger partial charge >= 0.3 is 0 Å². The normalized spacial score (nSPS) is 10.7. The third-order valence-electron chi connectivity index (χ3n) is 3.30. The van der Waals surface area contributed by atoms with Crippen LogP contribution in [0.15, 0.2) is 53.6 Å². The number of hydrogen-bond acceptors (Lipinski definition) is 3. The quantitative estimate of drug-likeness (QED) is 0.778. The van der Waals surface area contributed by atoms with E-state index in [1.54, 1.807) is 23.4 Å². The molecule has 1 N–H and O–H groups in total. The van der Waals surface area contributed by atoms with E-state index in [1.807, 2.05) is 12.3 Å². The summed E-state index contributed by atoms with van der Waals surface area (Å²) in [5, 5.41) is 6.92. The van der Waals surface area contributed by atoms with Crippen molar-refractivity contribution in [2.45, 2.75) is 6.54 Å². The predicted molar refractivity (Wildman–Crippen MR) is 83.7 cm³/mol. The van der Waals surface area contributed by atoms with Gasteiger partial charge in [-0.2, -0.15) is 5.10 Å². The SMILES string of the molecule is O=C(NCCn1cc(-c2ccoc2)cn1)c1c(F)cccc1Cl. The maximum absolute atomic E-state index is 13.6. The summed E-state index contributed by atoms with van der Waals surface area (Å²) >= 11 is 5.85. The number of nitrogens with zero attached hydrogens (tertiary/aromatic N) is 2. The highest BCUT2D eigenvalue weighted by Crippen LogP contribution is 2.19. The van der Waals surface area contributed by atoms with Gasteiger partial charge in [-0.1, -0.05) is 17.7 Å². The molecule has 0 aliphatic heterocycles. The zero-order chi connectivity index (χ0) is 16.2. The summed E-state index contributed by atoms with van der Waals surface area (Å²) < 4.78 is 20.3. The number of nitrogens with one attached hydrogen (secondary N) is 1. The summed E-state index contributed by atoms with van der Waals surface area (Å²) in [6.45, 7) is 0.756. The molecule has 3 rings (SSSR count). The summed E-state index contributed by atoms with van der Waals surface area (Å²) in [6, 6.07) is 5.97. The van der Waals surface area contributed by atoms with Gasteiger partial charge in [0.05, 0.1) is 35.9 Å². The van der Waals surface area contributed by atoms with Crippen molar-refractivity contribution in [2.75, 3.05) is 6.54 Å². The second-order valence-corrected chi connectivity index (χ2v) is 5.26. The van der Waals surface area contributed by atoms with Gasteiger partial charge in [-0.05, 0) is 18.2 Å². The number of furan rings is 1. The molecule has 7 heteroatoms. The number of hydrogen-bond donors (Lipinski definition) is 1. The molecule has 0 atom stereocenters. The van der Waals surface area contributed by atoms with Crippen molar-refractivity contribution in [3.8, 4) is 11.1 Å². The minimum absolute atomic E-state index is 0.0869. The van der Waals surface area contributed by atoms with Crippen molar-refractivity contribution in [1.29, 1.82) is 0 Å². The Bertz CT molecular complexity index is 794. The molecule has 0 saturated carbocycles. The Labute approximate surface area is 136 Å². The Kier molecular flexibility index (Phi) is 4.43. The predicted octanol–water partition coefficient (Wildman–Crippen LogP) is 3.37. The number of halogens is 2. The number of amides is 1. The van der Waals surface area contributed by atoms with E-state index in [4.69, 9.17) is 16.0 Å². The van der Waals surface area contributed by atoms with Crippen LogP contribution in [0.25, 0.3) is 11.1 Å². The molecular formula is C16H13ClFN3O2. The van der Waals surface area contributed by atoms with Gasteiger partial charge in [-0.25, -0.2) is 4.39 Å². The van der Waals surface area contributed by atoms with Gasteiger partial charge in [0, 0.05) is 23.9 Å². The van der Waals surface area contributed by atoms with Crippen LogP contribution in [-0.4, -0.2) is 22.2 Å². The molecule has 1 aromatic carbocycles. The van der Waals surface area contributed by atoms with E-state index in [2.05, 4.69) is 10.4 Å². The minimum Gasteiger partial charge on any atom is -0.472 e. The second-order valence-electron chi connectivity index (χ2n) is 4.86. The van der Waals surface area contributed by atoms with Crippen molar-refractivity contribution >= 4 is 17.5 Å². The molecule has 2 heterocycles. The molecule has 5 nitrogen and oxygen atoms in total. The fourth-order valence-corrected chi connectivity index (χ4v) is 2.40. The number of carbonyl (C=O) groups excluding carboxylic acids is 1. The minimum atomic E-state index is -0.642. The van der Waals surface area contributed by atoms with Crippen LogP contribution >= 0.6 is 11.6 Å². The Morgan fingerprint density at radius 3 is 2.96 bits per heavy atom. The standard InChI is InChI=1S/C16H13ClFN3O2/c17-13-2-1-3-14(18)15(13)16(22)19-5-6-21-9-12(8-20-21)11-4-7-23-10-11/h1-4,7-10H,5-6H2,(H,19,22). The fourth-order valence-electron chi connectivity index (χ4n) is 2.15. The van der Waals surface area contributed by atoms with Gasteiger partial charge < -0.3 is 9.73 Å². The van der Waals surface area contributed by atoms with Crippen molar-refractivity contribution in [2.24, 2.45) is 0 Å². The van der Waals surface area contributed by atoms with Crippen LogP contribution in [-0.2, 0) is 6.54 Å². The zero-order valence-electron chi connectivity index (χ0n) is 12.0. The molecule has 1 amide bonds. The molecule has 3 aromatic rings. The molecule has 0 spiro atoms. The highest BCUT2D eigenvalue weighted by Gasteiger charge is 2.15. The van der Waals surface area contributed by atoms with Crippen LogP contribution in [0, 0.1) is 5.82 Å². The van der Waals surface area contributed by atoms with Gasteiger partial charge in [0.15, 0.2) is 0 Å². The van der Waals surface area contributed by atoms with Crippen molar-refractivity contribution in [3.63, 3.8) is 0 Å². The Morgan fingerprint density at radius 2 is 2.22 bits per heavy atom. The number of carbonyl (C=O) groups is 1. The van der Waals surface area contributed by atoms with Crippen LogP contribution in [0.5, 0.6) is 0 Å². The summed E-state index contributed by atoms with van der Waals surface area (Å²) in [5.41, 5.74) is 1.70. The van der Waals surface area contributed by atoms with Crippen molar-refractivity contribution < 1.29 is 13.6 Å². The summed E-state index contributed by atoms with van der Waals surface area (Å²) in [5.74, 6) is -1.19. The summed E-state index contributed by atoms with van der Waals surface area (Å²) in [6.07, 6.45) is 6.77. The van der Waals surface area contributed by atoms with Gasteiger partial charge in [-0.3, -0.25) is 9.48 Å². The lowest BCUT2D eigenvalue weighted by molar-refractivity contribution is 0.0948. The molecule has 0 bridgehead atoms. The maximum Gasteiger partial charge on any atom is 0.255 e. The van der Waals surface area contributed by atoms with Crippen molar-refractivity contribution in [3.05, 3.63) is 65.6 Å². The molecule has 0 fully saturated rings. The highest BCUT2D eigenvalue weighted by atomic mass is 35.5. The first-order valence-corrected chi connectivity index (χ1v) is 7.30. The van der Waals surface area contributed by atoms with Crippen molar-refractivity contribution in [1.82, 2.24) is 15.1 Å². The van der Waals surface area contributed by atoms with E-state index in [9.17, 15) is 9.18 Å². The molecule has 0 aliphatic rings. The van der Waals surface area contributed by atoms with Crippen LogP contribution in [0.1, 0.15) is 10.4 Å². The molecule has 0 aliphatic carbocycles. The third kappa shape index (κ3) is 3.43. The van der Waals surface area contributed by atoms with Crippen LogP contribution in [0.3, 0.4) is 0 Å². The Balaban J connectivity index is 1.58. The summed E-state index contributed by atoms with van der Waals surface area (Å²) in [4.78, 5) is 12.0. The molecule has 23 heavy (non-hydrogen) atoms. The van der Waals surface area contributed by atoms with E-state index in [1.165, 1.54) is 18.2 Å². The maximum atomic E-state index is 13.6. The molecule has 118 valence electrons. The topological polar surface area (TPSA) is 60.1 Å². The van der Waals surface area contributed by atoms with Crippen LogP contribution in [0.2, 0.25) is 5.02 Å². The molecule has 2 aromatic heterocycles. The van der Waals surface area contributed by atoms with Crippen LogP contribution in [0.4, 0.5) is 4.39 Å². The molecular weight excluding hydrogens is 321 g/mol. The molecule has 0 saturated heterocycles. The van der Waals surface area contributed by atoms with E-state index < -0.39 is 11.7 Å². The molecule has 0 unspecified atom stereocenters. The van der Waals surface area contributed by atoms with E-state index in [0.29, 0.717) is 13.1 Å². The lowest BCUT2D eigenvalue weighted by atomic mass is 10.2. The molecule has 0 radical (unpaired) electrons. The fraction of sp³-hybridized carbons (Fsp3) is 0.125. The monoisotopic (exact) mass is 333 g/mol. The first kappa shape index (κ1) is 15.3. The first-order chi connectivity index (χ1) is 11.1. The lowest BCUT2D eigenvalue weighted by Crippen LogP contribution is -2.28. The lowest BCUT2D eigenvalue weighted by Gasteiger charge is -2.07. The zero-order valence-corrected chi connectivity index (χ0v) is 12.8. The average molecular weight is 334 g/mol. The Morgan fingerprint density at radius 1 is 1.35 bits per heavy atom. The highest BCUT2D eigenvalue weighted by molar-refractivity contribution is 6.33. The van der Waals surface area contributed by atoms with E-state index >= 15 is 0 Å². The third-order valence-corrected chi connectivity index (χ3v) is 3.62. The van der Waals surface area contributed by atoms with E-state index in [0.717, 1.165) is 11.1 Å². The smallest absolute Gasteiger partial charge is 0.255 e. The van der Waals surface area contributed by atoms with Gasteiger partial charge in [0.25, 0.3) is 5.91 Å². The first-order valence-electron chi connectivity index (χ1n) is 6.92. The average Bonchev–Trinajstić information content (AvgIpc) is 3.18. The number of aromatic nitrogens is 2. The van der Waals surface area contributed by atoms with Crippen LogP contribution < -0.4 is 5.32 Å². The summed E-state index contributed by atoms with van der Waals surface area (Å²) in [7, 11) is 0. The number of rotatable bonds is 5. The van der Waals surface area contributed by atoms with Gasteiger partial charge in [-0.15, -0.1) is 0 Å². The van der Waals surface area contributed by atoms with Gasteiger partial charge in [0.1, 0.15) is 5.82 Å². The Hall–Kier alpha value is -2.60.